The first-order valence-corrected chi connectivity index (χ1v) is 5.94. The molecule has 0 spiro atoms. The lowest BCUT2D eigenvalue weighted by atomic mass is 10.1. The van der Waals surface area contributed by atoms with Crippen molar-refractivity contribution in [1.82, 2.24) is 5.32 Å². The highest BCUT2D eigenvalue weighted by Crippen LogP contribution is 2.06. The van der Waals surface area contributed by atoms with E-state index in [-0.39, 0.29) is 5.91 Å². The second-order valence-corrected chi connectivity index (χ2v) is 4.05. The van der Waals surface area contributed by atoms with Crippen molar-refractivity contribution in [3.05, 3.63) is 48.1 Å². The highest BCUT2D eigenvalue weighted by molar-refractivity contribution is 7.18. The minimum Gasteiger partial charge on any atom is -0.352 e. The predicted octanol–water partition coefficient (Wildman–Crippen LogP) is 2.61. The van der Waals surface area contributed by atoms with E-state index in [0.29, 0.717) is 12.7 Å². The lowest BCUT2D eigenvalue weighted by Crippen LogP contribution is -2.26. The van der Waals surface area contributed by atoms with E-state index < -0.39 is 0 Å². The Labute approximate surface area is 100 Å². The maximum atomic E-state index is 11.1. The van der Waals surface area contributed by atoms with Gasteiger partial charge in [-0.2, -0.15) is 0 Å². The first kappa shape index (κ1) is 14.9. The van der Waals surface area contributed by atoms with E-state index in [9.17, 15) is 4.79 Å². The summed E-state index contributed by atoms with van der Waals surface area (Å²) < 4.78 is 0. The van der Waals surface area contributed by atoms with E-state index in [2.05, 4.69) is 27.7 Å². The summed E-state index contributed by atoms with van der Waals surface area (Å²) in [7, 11) is 2.40. The van der Waals surface area contributed by atoms with Crippen molar-refractivity contribution < 1.29 is 4.79 Å². The molecule has 0 aromatic heterocycles. The number of amides is 1. The molecule has 0 aromatic rings. The fourth-order valence-corrected chi connectivity index (χ4v) is 1.23. The summed E-state index contributed by atoms with van der Waals surface area (Å²) in [6, 6.07) is 0. The summed E-state index contributed by atoms with van der Waals surface area (Å²) >= 11 is 0. The molecule has 0 aliphatic heterocycles. The number of hydrogen-bond donors (Lipinski definition) is 1. The molecule has 0 rings (SSSR count). The SMILES string of the molecule is C=C/C(C)=C\C(=C/C(=C)C)CNC(=O)CP. The van der Waals surface area contributed by atoms with E-state index in [1.807, 2.05) is 26.0 Å². The largest absolute Gasteiger partial charge is 0.352 e. The molecular weight excluding hydrogens is 217 g/mol. The van der Waals surface area contributed by atoms with Gasteiger partial charge in [0.25, 0.3) is 0 Å². The van der Waals surface area contributed by atoms with Crippen LogP contribution in [0.1, 0.15) is 13.8 Å². The van der Waals surface area contributed by atoms with Crippen molar-refractivity contribution in [2.24, 2.45) is 0 Å². The van der Waals surface area contributed by atoms with Crippen LogP contribution in [0.5, 0.6) is 0 Å². The van der Waals surface area contributed by atoms with Crippen molar-refractivity contribution in [1.29, 1.82) is 0 Å². The molecule has 3 heteroatoms. The minimum atomic E-state index is 0.0160. The molecule has 1 N–H and O–H groups in total. The molecule has 1 atom stereocenters. The molecule has 0 saturated carbocycles. The smallest absolute Gasteiger partial charge is 0.224 e. The Hall–Kier alpha value is -1.14. The van der Waals surface area contributed by atoms with Gasteiger partial charge in [-0.3, -0.25) is 4.79 Å². The van der Waals surface area contributed by atoms with Crippen LogP contribution in [0.3, 0.4) is 0 Å². The van der Waals surface area contributed by atoms with Crippen LogP contribution < -0.4 is 5.32 Å². The fourth-order valence-electron chi connectivity index (χ4n) is 1.08. The van der Waals surface area contributed by atoms with Crippen LogP contribution in [-0.2, 0) is 4.79 Å². The Morgan fingerprint density at radius 1 is 1.38 bits per heavy atom. The molecule has 0 aliphatic carbocycles. The number of nitrogens with one attached hydrogen (secondary N) is 1. The highest BCUT2D eigenvalue weighted by Gasteiger charge is 1.98. The maximum Gasteiger partial charge on any atom is 0.224 e. The topological polar surface area (TPSA) is 29.1 Å². The van der Waals surface area contributed by atoms with Crippen LogP contribution in [0.25, 0.3) is 0 Å². The molecule has 1 amide bonds. The van der Waals surface area contributed by atoms with E-state index in [4.69, 9.17) is 0 Å². The second-order valence-electron chi connectivity index (χ2n) is 3.64. The Balaban J connectivity index is 4.64. The van der Waals surface area contributed by atoms with Gasteiger partial charge in [0.2, 0.25) is 5.91 Å². The highest BCUT2D eigenvalue weighted by atomic mass is 31.0. The monoisotopic (exact) mass is 237 g/mol. The number of carbonyl (C=O) groups excluding carboxylic acids is 1. The van der Waals surface area contributed by atoms with Crippen molar-refractivity contribution >= 4 is 15.1 Å². The quantitative estimate of drug-likeness (QED) is 0.558. The van der Waals surface area contributed by atoms with Crippen LogP contribution in [0.2, 0.25) is 0 Å². The van der Waals surface area contributed by atoms with Gasteiger partial charge in [0.1, 0.15) is 0 Å². The van der Waals surface area contributed by atoms with Crippen molar-refractivity contribution in [2.45, 2.75) is 13.8 Å². The van der Waals surface area contributed by atoms with Gasteiger partial charge in [0, 0.05) is 12.7 Å². The number of rotatable bonds is 6. The third-order valence-electron chi connectivity index (χ3n) is 1.84. The Morgan fingerprint density at radius 3 is 2.44 bits per heavy atom. The maximum absolute atomic E-state index is 11.1. The standard InChI is InChI=1S/C13H20NOP/c1-5-11(4)7-12(6-10(2)3)8-14-13(15)9-16/h5-7H,1-2,8-9,16H2,3-4H3,(H,14,15)/b11-7-,12-6+. The molecule has 0 bridgehead atoms. The van der Waals surface area contributed by atoms with Gasteiger partial charge >= 0.3 is 0 Å². The summed E-state index contributed by atoms with van der Waals surface area (Å²) in [6.45, 7) is 11.9. The molecule has 1 unspecified atom stereocenters. The molecule has 16 heavy (non-hydrogen) atoms. The van der Waals surface area contributed by atoms with E-state index in [0.717, 1.165) is 16.7 Å². The van der Waals surface area contributed by atoms with E-state index >= 15 is 0 Å². The zero-order valence-electron chi connectivity index (χ0n) is 10.0. The second kappa shape index (κ2) is 8.06. The summed E-state index contributed by atoms with van der Waals surface area (Å²) in [5.41, 5.74) is 3.05. The summed E-state index contributed by atoms with van der Waals surface area (Å²) in [6.07, 6.45) is 6.15. The number of allylic oxidation sites excluding steroid dienone is 4. The lowest BCUT2D eigenvalue weighted by molar-refractivity contribution is -0.118. The van der Waals surface area contributed by atoms with Gasteiger partial charge in [0.15, 0.2) is 0 Å². The van der Waals surface area contributed by atoms with Gasteiger partial charge in [-0.25, -0.2) is 0 Å². The van der Waals surface area contributed by atoms with Crippen LogP contribution in [0.15, 0.2) is 48.1 Å². The van der Waals surface area contributed by atoms with Gasteiger partial charge in [-0.05, 0) is 19.4 Å². The molecule has 0 fully saturated rings. The summed E-state index contributed by atoms with van der Waals surface area (Å²) in [5, 5.41) is 2.82. The van der Waals surface area contributed by atoms with Crippen molar-refractivity contribution in [3.63, 3.8) is 0 Å². The van der Waals surface area contributed by atoms with Crippen LogP contribution in [0.4, 0.5) is 0 Å². The number of hydrogen-bond acceptors (Lipinski definition) is 1. The van der Waals surface area contributed by atoms with Crippen molar-refractivity contribution in [3.8, 4) is 0 Å². The Bertz CT molecular complexity index is 340. The van der Waals surface area contributed by atoms with Crippen LogP contribution in [0, 0.1) is 0 Å². The molecule has 88 valence electrons. The Morgan fingerprint density at radius 2 is 2.00 bits per heavy atom. The van der Waals surface area contributed by atoms with Crippen LogP contribution in [-0.4, -0.2) is 18.6 Å². The lowest BCUT2D eigenvalue weighted by Gasteiger charge is -2.06. The minimum absolute atomic E-state index is 0.0160. The first-order valence-electron chi connectivity index (χ1n) is 5.13. The Kier molecular flexibility index (Phi) is 7.49. The van der Waals surface area contributed by atoms with Crippen molar-refractivity contribution in [2.75, 3.05) is 12.7 Å². The third kappa shape index (κ3) is 7.19. The average molecular weight is 237 g/mol. The number of carbonyl (C=O) groups is 1. The average Bonchev–Trinajstić information content (AvgIpc) is 2.24. The van der Waals surface area contributed by atoms with E-state index in [1.165, 1.54) is 0 Å². The van der Waals surface area contributed by atoms with Gasteiger partial charge in [-0.15, -0.1) is 9.24 Å². The van der Waals surface area contributed by atoms with Crippen LogP contribution >= 0.6 is 9.24 Å². The molecule has 0 aliphatic rings. The van der Waals surface area contributed by atoms with E-state index in [1.54, 1.807) is 6.08 Å². The predicted molar refractivity (Wildman–Crippen MR) is 74.4 cm³/mol. The van der Waals surface area contributed by atoms with Gasteiger partial charge in [-0.1, -0.05) is 42.5 Å². The normalized spacial score (nSPS) is 12.2. The zero-order chi connectivity index (χ0) is 12.6. The molecule has 0 aromatic carbocycles. The van der Waals surface area contributed by atoms with Gasteiger partial charge < -0.3 is 5.32 Å². The summed E-state index contributed by atoms with van der Waals surface area (Å²) in [5.74, 6) is 0.0160. The van der Waals surface area contributed by atoms with Gasteiger partial charge in [0.05, 0.1) is 0 Å². The fraction of sp³-hybridized carbons (Fsp3) is 0.308. The molecule has 0 radical (unpaired) electrons. The molecular formula is C13H20NOP. The zero-order valence-corrected chi connectivity index (χ0v) is 11.2. The third-order valence-corrected chi connectivity index (χ3v) is 2.21. The first-order chi connectivity index (χ1) is 7.49. The molecule has 2 nitrogen and oxygen atoms in total. The molecule has 0 heterocycles. The molecule has 0 saturated heterocycles. The summed E-state index contributed by atoms with van der Waals surface area (Å²) in [4.78, 5) is 11.1.